The molecule has 0 aliphatic carbocycles. The van der Waals surface area contributed by atoms with Crippen molar-refractivity contribution in [3.63, 3.8) is 0 Å². The average molecular weight is 189 g/mol. The second-order valence-corrected chi connectivity index (χ2v) is 2.68. The molecule has 0 aromatic heterocycles. The Bertz CT molecular complexity index is 178. The zero-order valence-electron chi connectivity index (χ0n) is 8.04. The van der Waals surface area contributed by atoms with Gasteiger partial charge < -0.3 is 14.6 Å². The number of azide groups is 1. The smallest absolute Gasteiger partial charge is 0.161 e. The SMILES string of the molecule is COC(OC)[C@@H](C)[C@@H](O)CN=[N+]=[N-]. The molecule has 0 spiro atoms. The summed E-state index contributed by atoms with van der Waals surface area (Å²) < 4.78 is 9.89. The summed E-state index contributed by atoms with van der Waals surface area (Å²) in [5.41, 5.74) is 8.03. The minimum absolute atomic E-state index is 0.0287. The highest BCUT2D eigenvalue weighted by molar-refractivity contribution is 4.70. The molecule has 0 radical (unpaired) electrons. The fourth-order valence-corrected chi connectivity index (χ4v) is 0.993. The van der Waals surface area contributed by atoms with Crippen LogP contribution in [0.1, 0.15) is 6.92 Å². The van der Waals surface area contributed by atoms with E-state index in [0.29, 0.717) is 0 Å². The quantitative estimate of drug-likeness (QED) is 0.291. The molecular weight excluding hydrogens is 174 g/mol. The van der Waals surface area contributed by atoms with Crippen molar-refractivity contribution in [1.29, 1.82) is 0 Å². The van der Waals surface area contributed by atoms with E-state index in [1.54, 1.807) is 6.92 Å². The van der Waals surface area contributed by atoms with Crippen molar-refractivity contribution < 1.29 is 14.6 Å². The van der Waals surface area contributed by atoms with E-state index in [9.17, 15) is 5.11 Å². The van der Waals surface area contributed by atoms with Gasteiger partial charge in [-0.1, -0.05) is 12.0 Å². The van der Waals surface area contributed by atoms with Crippen LogP contribution in [-0.2, 0) is 9.47 Å². The summed E-state index contributed by atoms with van der Waals surface area (Å²) in [6.07, 6.45) is -1.23. The minimum Gasteiger partial charge on any atom is -0.393 e. The maximum absolute atomic E-state index is 9.46. The number of nitrogens with zero attached hydrogens (tertiary/aromatic N) is 3. The number of aliphatic hydroxyl groups excluding tert-OH is 1. The van der Waals surface area contributed by atoms with Crippen LogP contribution >= 0.6 is 0 Å². The summed E-state index contributed by atoms with van der Waals surface area (Å²) in [5, 5.41) is 12.7. The molecule has 0 unspecified atom stereocenters. The van der Waals surface area contributed by atoms with Crippen molar-refractivity contribution in [2.75, 3.05) is 20.8 Å². The van der Waals surface area contributed by atoms with Gasteiger partial charge in [-0.05, 0) is 5.53 Å². The van der Waals surface area contributed by atoms with Crippen molar-refractivity contribution in [2.24, 2.45) is 11.0 Å². The van der Waals surface area contributed by atoms with Crippen molar-refractivity contribution >= 4 is 0 Å². The Kier molecular flexibility index (Phi) is 6.26. The van der Waals surface area contributed by atoms with Gasteiger partial charge in [0.2, 0.25) is 0 Å². The Morgan fingerprint density at radius 1 is 1.46 bits per heavy atom. The molecule has 0 rings (SSSR count). The number of hydrogen-bond acceptors (Lipinski definition) is 4. The predicted octanol–water partition coefficient (Wildman–Crippen LogP) is 0.913. The van der Waals surface area contributed by atoms with Crippen LogP contribution in [0.2, 0.25) is 0 Å². The van der Waals surface area contributed by atoms with Gasteiger partial charge in [0.25, 0.3) is 0 Å². The standard InChI is InChI=1S/C7H15N3O3/c1-5(7(12-2)13-3)6(11)4-9-10-8/h5-7,11H,4H2,1-3H3/t5-,6-/m0/s1. The van der Waals surface area contributed by atoms with Gasteiger partial charge in [0, 0.05) is 25.0 Å². The highest BCUT2D eigenvalue weighted by Gasteiger charge is 2.23. The van der Waals surface area contributed by atoms with E-state index in [2.05, 4.69) is 10.0 Å². The maximum atomic E-state index is 9.46. The molecule has 0 aromatic carbocycles. The van der Waals surface area contributed by atoms with E-state index < -0.39 is 12.4 Å². The Morgan fingerprint density at radius 3 is 2.38 bits per heavy atom. The van der Waals surface area contributed by atoms with E-state index in [1.807, 2.05) is 0 Å². The first-order valence-corrected chi connectivity index (χ1v) is 3.91. The van der Waals surface area contributed by atoms with Crippen LogP contribution in [0.3, 0.4) is 0 Å². The van der Waals surface area contributed by atoms with Crippen LogP contribution in [0.5, 0.6) is 0 Å². The summed E-state index contributed by atoms with van der Waals surface area (Å²) >= 11 is 0. The summed E-state index contributed by atoms with van der Waals surface area (Å²) in [6, 6.07) is 0. The predicted molar refractivity (Wildman–Crippen MR) is 47.0 cm³/mol. The first-order chi connectivity index (χ1) is 6.17. The Labute approximate surface area is 77.1 Å². The molecule has 13 heavy (non-hydrogen) atoms. The third-order valence-electron chi connectivity index (χ3n) is 1.83. The number of hydrogen-bond donors (Lipinski definition) is 1. The van der Waals surface area contributed by atoms with Gasteiger partial charge in [0.05, 0.1) is 12.6 Å². The summed E-state index contributed by atoms with van der Waals surface area (Å²) in [4.78, 5) is 2.55. The van der Waals surface area contributed by atoms with Crippen LogP contribution < -0.4 is 0 Å². The monoisotopic (exact) mass is 189 g/mol. The number of ether oxygens (including phenoxy) is 2. The van der Waals surface area contributed by atoms with Crippen molar-refractivity contribution in [1.82, 2.24) is 0 Å². The zero-order valence-corrected chi connectivity index (χ0v) is 8.04. The molecule has 0 bridgehead atoms. The molecule has 0 amide bonds. The molecule has 0 saturated carbocycles. The van der Waals surface area contributed by atoms with Crippen LogP contribution in [0.4, 0.5) is 0 Å². The molecule has 0 aliphatic heterocycles. The molecule has 1 N–H and O–H groups in total. The second kappa shape index (κ2) is 6.68. The van der Waals surface area contributed by atoms with Crippen molar-refractivity contribution in [2.45, 2.75) is 19.3 Å². The molecule has 76 valence electrons. The van der Waals surface area contributed by atoms with E-state index >= 15 is 0 Å². The Balaban J connectivity index is 4.05. The minimum atomic E-state index is -0.749. The highest BCUT2D eigenvalue weighted by atomic mass is 16.7. The molecule has 0 aromatic rings. The average Bonchev–Trinajstić information content (AvgIpc) is 2.15. The molecular formula is C7H15N3O3. The first-order valence-electron chi connectivity index (χ1n) is 3.91. The van der Waals surface area contributed by atoms with E-state index in [4.69, 9.17) is 15.0 Å². The van der Waals surface area contributed by atoms with Crippen LogP contribution in [0.15, 0.2) is 5.11 Å². The fraction of sp³-hybridized carbons (Fsp3) is 1.00. The molecule has 2 atom stereocenters. The van der Waals surface area contributed by atoms with E-state index in [-0.39, 0.29) is 12.5 Å². The van der Waals surface area contributed by atoms with Gasteiger partial charge in [0.15, 0.2) is 6.29 Å². The van der Waals surface area contributed by atoms with E-state index in [1.165, 1.54) is 14.2 Å². The van der Waals surface area contributed by atoms with Crippen LogP contribution in [0.25, 0.3) is 10.4 Å². The molecule has 0 saturated heterocycles. The van der Waals surface area contributed by atoms with E-state index in [0.717, 1.165) is 0 Å². The van der Waals surface area contributed by atoms with Crippen molar-refractivity contribution in [3.8, 4) is 0 Å². The van der Waals surface area contributed by atoms with Gasteiger partial charge in [-0.15, -0.1) is 0 Å². The van der Waals surface area contributed by atoms with Gasteiger partial charge >= 0.3 is 0 Å². The lowest BCUT2D eigenvalue weighted by atomic mass is 10.0. The number of rotatable bonds is 6. The molecule has 0 fully saturated rings. The van der Waals surface area contributed by atoms with Gasteiger partial charge in [-0.3, -0.25) is 0 Å². The van der Waals surface area contributed by atoms with Gasteiger partial charge in [-0.2, -0.15) is 0 Å². The Morgan fingerprint density at radius 2 is 2.00 bits per heavy atom. The molecule has 6 nitrogen and oxygen atoms in total. The lowest BCUT2D eigenvalue weighted by Gasteiger charge is -2.24. The summed E-state index contributed by atoms with van der Waals surface area (Å²) in [7, 11) is 2.98. The van der Waals surface area contributed by atoms with Crippen molar-refractivity contribution in [3.05, 3.63) is 10.4 Å². The molecule has 6 heteroatoms. The molecule has 0 aliphatic rings. The highest BCUT2D eigenvalue weighted by Crippen LogP contribution is 2.12. The summed E-state index contributed by atoms with van der Waals surface area (Å²) in [6.45, 7) is 1.79. The lowest BCUT2D eigenvalue weighted by Crippen LogP contribution is -2.33. The topological polar surface area (TPSA) is 87.5 Å². The number of aliphatic hydroxyl groups is 1. The lowest BCUT2D eigenvalue weighted by molar-refractivity contribution is -0.154. The second-order valence-electron chi connectivity index (χ2n) is 2.68. The normalized spacial score (nSPS) is 15.2. The van der Waals surface area contributed by atoms with Gasteiger partial charge in [0.1, 0.15) is 0 Å². The first kappa shape index (κ1) is 12.2. The Hall–Kier alpha value is -0.810. The largest absolute Gasteiger partial charge is 0.393 e. The van der Waals surface area contributed by atoms with Gasteiger partial charge in [-0.25, -0.2) is 0 Å². The van der Waals surface area contributed by atoms with Crippen LogP contribution in [-0.4, -0.2) is 38.3 Å². The molecule has 0 heterocycles. The third-order valence-corrected chi connectivity index (χ3v) is 1.83. The fourth-order valence-electron chi connectivity index (χ4n) is 0.993. The van der Waals surface area contributed by atoms with Crippen LogP contribution in [0, 0.1) is 5.92 Å². The zero-order chi connectivity index (χ0) is 10.3. The third kappa shape index (κ3) is 4.10. The summed E-state index contributed by atoms with van der Waals surface area (Å²) in [5.74, 6) is -0.236. The maximum Gasteiger partial charge on any atom is 0.161 e. The number of methoxy groups -OCH3 is 2.